The van der Waals surface area contributed by atoms with Crippen molar-refractivity contribution in [2.24, 2.45) is 0 Å². The molecule has 0 aliphatic heterocycles. The number of nitrogens with one attached hydrogen (secondary N) is 2. The van der Waals surface area contributed by atoms with Crippen LogP contribution in [0.5, 0.6) is 5.75 Å². The first-order chi connectivity index (χ1) is 10.0. The summed E-state index contributed by atoms with van der Waals surface area (Å²) in [6, 6.07) is 7.09. The van der Waals surface area contributed by atoms with Crippen molar-refractivity contribution < 1.29 is 13.9 Å². The lowest BCUT2D eigenvalue weighted by Gasteiger charge is -2.17. The van der Waals surface area contributed by atoms with E-state index >= 15 is 0 Å². The van der Waals surface area contributed by atoms with Crippen LogP contribution in [0.15, 0.2) is 36.5 Å². The molecule has 1 aromatic heterocycles. The molecule has 21 heavy (non-hydrogen) atoms. The molecule has 110 valence electrons. The van der Waals surface area contributed by atoms with Gasteiger partial charge >= 0.3 is 0 Å². The van der Waals surface area contributed by atoms with Gasteiger partial charge in [-0.1, -0.05) is 12.2 Å². The highest BCUT2D eigenvalue weighted by Gasteiger charge is 2.16. The molecular formula is C15H15FN2O2S. The summed E-state index contributed by atoms with van der Waals surface area (Å²) in [6.07, 6.45) is 1.65. The Hall–Kier alpha value is -2.21. The number of halogens is 1. The Morgan fingerprint density at radius 3 is 2.86 bits per heavy atom. The van der Waals surface area contributed by atoms with Crippen molar-refractivity contribution in [2.75, 3.05) is 7.11 Å². The minimum absolute atomic E-state index is 0.323. The van der Waals surface area contributed by atoms with Gasteiger partial charge in [0.05, 0.1) is 18.7 Å². The van der Waals surface area contributed by atoms with Gasteiger partial charge in [-0.05, 0) is 37.3 Å². The van der Waals surface area contributed by atoms with E-state index in [1.807, 2.05) is 0 Å². The van der Waals surface area contributed by atoms with Crippen LogP contribution in [0.4, 0.5) is 4.39 Å². The SMILES string of the molecule is COc1ccc(F)cc1[C@@H](C)NC(=O)c1ccc[nH]c1=S. The second-order valence-electron chi connectivity index (χ2n) is 4.49. The number of aromatic nitrogens is 1. The molecule has 4 nitrogen and oxygen atoms in total. The van der Waals surface area contributed by atoms with Crippen LogP contribution in [0.3, 0.4) is 0 Å². The number of rotatable bonds is 4. The van der Waals surface area contributed by atoms with Crippen molar-refractivity contribution >= 4 is 18.1 Å². The third kappa shape index (κ3) is 3.46. The van der Waals surface area contributed by atoms with Crippen LogP contribution in [-0.4, -0.2) is 18.0 Å². The van der Waals surface area contributed by atoms with Gasteiger partial charge in [-0.15, -0.1) is 0 Å². The molecule has 0 spiro atoms. The summed E-state index contributed by atoms with van der Waals surface area (Å²) in [7, 11) is 1.50. The summed E-state index contributed by atoms with van der Waals surface area (Å²) < 4.78 is 18.9. The summed E-state index contributed by atoms with van der Waals surface area (Å²) in [6.45, 7) is 1.75. The fraction of sp³-hybridized carbons (Fsp3) is 0.200. The zero-order valence-corrected chi connectivity index (χ0v) is 12.5. The Balaban J connectivity index is 2.24. The van der Waals surface area contributed by atoms with E-state index in [2.05, 4.69) is 10.3 Å². The quantitative estimate of drug-likeness (QED) is 0.851. The van der Waals surface area contributed by atoms with Gasteiger partial charge in [0, 0.05) is 11.8 Å². The number of pyridine rings is 1. The molecule has 0 fully saturated rings. The summed E-state index contributed by atoms with van der Waals surface area (Å²) in [5, 5.41) is 2.78. The molecule has 1 amide bonds. The average Bonchev–Trinajstić information content (AvgIpc) is 2.47. The van der Waals surface area contributed by atoms with E-state index in [1.54, 1.807) is 25.3 Å². The van der Waals surface area contributed by atoms with Crippen LogP contribution in [0.25, 0.3) is 0 Å². The molecule has 6 heteroatoms. The van der Waals surface area contributed by atoms with Crippen molar-refractivity contribution in [3.8, 4) is 5.75 Å². The van der Waals surface area contributed by atoms with Crippen LogP contribution in [0, 0.1) is 10.5 Å². The zero-order chi connectivity index (χ0) is 15.4. The Morgan fingerprint density at radius 1 is 1.43 bits per heavy atom. The fourth-order valence-corrected chi connectivity index (χ4v) is 2.22. The number of carbonyl (C=O) groups is 1. The number of ether oxygens (including phenoxy) is 1. The maximum atomic E-state index is 13.4. The molecule has 2 rings (SSSR count). The van der Waals surface area contributed by atoms with Crippen molar-refractivity contribution in [3.05, 3.63) is 58.1 Å². The first-order valence-corrected chi connectivity index (χ1v) is 6.75. The number of aromatic amines is 1. The van der Waals surface area contributed by atoms with Crippen LogP contribution in [0.2, 0.25) is 0 Å². The van der Waals surface area contributed by atoms with Crippen molar-refractivity contribution in [3.63, 3.8) is 0 Å². The zero-order valence-electron chi connectivity index (χ0n) is 11.6. The number of hydrogen-bond acceptors (Lipinski definition) is 3. The van der Waals surface area contributed by atoms with E-state index in [0.717, 1.165) is 0 Å². The van der Waals surface area contributed by atoms with Crippen LogP contribution in [-0.2, 0) is 0 Å². The normalized spacial score (nSPS) is 11.8. The van der Waals surface area contributed by atoms with Gasteiger partial charge in [0.1, 0.15) is 16.2 Å². The highest BCUT2D eigenvalue weighted by molar-refractivity contribution is 7.71. The highest BCUT2D eigenvalue weighted by Crippen LogP contribution is 2.26. The van der Waals surface area contributed by atoms with Crippen LogP contribution < -0.4 is 10.1 Å². The third-order valence-electron chi connectivity index (χ3n) is 3.07. The minimum Gasteiger partial charge on any atom is -0.496 e. The topological polar surface area (TPSA) is 54.1 Å². The standard InChI is InChI=1S/C15H15FN2O2S/c1-9(12-8-10(16)5-6-13(12)20-2)18-14(19)11-4-3-7-17-15(11)21/h3-9H,1-2H3,(H,17,21)(H,18,19)/t9-/m1/s1. The smallest absolute Gasteiger partial charge is 0.254 e. The molecule has 1 atom stereocenters. The number of benzene rings is 1. The molecule has 2 N–H and O–H groups in total. The predicted molar refractivity (Wildman–Crippen MR) is 80.5 cm³/mol. The molecule has 0 aliphatic rings. The molecule has 0 radical (unpaired) electrons. The monoisotopic (exact) mass is 306 g/mol. The van der Waals surface area contributed by atoms with Gasteiger partial charge in [0.25, 0.3) is 5.91 Å². The predicted octanol–water partition coefficient (Wildman–Crippen LogP) is 3.38. The Morgan fingerprint density at radius 2 is 2.19 bits per heavy atom. The molecule has 1 heterocycles. The van der Waals surface area contributed by atoms with Gasteiger partial charge in [-0.25, -0.2) is 4.39 Å². The highest BCUT2D eigenvalue weighted by atomic mass is 32.1. The van der Waals surface area contributed by atoms with Crippen molar-refractivity contribution in [1.82, 2.24) is 10.3 Å². The van der Waals surface area contributed by atoms with Crippen molar-refractivity contribution in [2.45, 2.75) is 13.0 Å². The molecule has 2 aromatic rings. The van der Waals surface area contributed by atoms with Crippen LogP contribution in [0.1, 0.15) is 28.9 Å². The Labute approximate surface area is 127 Å². The Bertz CT molecular complexity index is 715. The lowest BCUT2D eigenvalue weighted by molar-refractivity contribution is 0.0938. The van der Waals surface area contributed by atoms with E-state index < -0.39 is 6.04 Å². The first kappa shape index (κ1) is 15.2. The number of hydrogen-bond donors (Lipinski definition) is 2. The molecule has 0 unspecified atom stereocenters. The summed E-state index contributed by atoms with van der Waals surface area (Å²) >= 11 is 5.07. The average molecular weight is 306 g/mol. The minimum atomic E-state index is -0.419. The van der Waals surface area contributed by atoms with E-state index in [-0.39, 0.29) is 11.7 Å². The van der Waals surface area contributed by atoms with Gasteiger partial charge in [-0.2, -0.15) is 0 Å². The largest absolute Gasteiger partial charge is 0.496 e. The van der Waals surface area contributed by atoms with E-state index in [4.69, 9.17) is 17.0 Å². The number of H-pyrrole nitrogens is 1. The van der Waals surface area contributed by atoms with E-state index in [0.29, 0.717) is 21.5 Å². The lowest BCUT2D eigenvalue weighted by atomic mass is 10.1. The van der Waals surface area contributed by atoms with Gasteiger partial charge in [0.2, 0.25) is 0 Å². The van der Waals surface area contributed by atoms with Crippen LogP contribution >= 0.6 is 12.2 Å². The summed E-state index contributed by atoms with van der Waals surface area (Å²) in [5.41, 5.74) is 0.936. The summed E-state index contributed by atoms with van der Waals surface area (Å²) in [5.74, 6) is -0.193. The number of methoxy groups -OCH3 is 1. The molecule has 0 saturated heterocycles. The van der Waals surface area contributed by atoms with Gasteiger partial charge in [0.15, 0.2) is 0 Å². The maximum absolute atomic E-state index is 13.4. The maximum Gasteiger partial charge on any atom is 0.254 e. The van der Waals surface area contributed by atoms with Gasteiger partial charge < -0.3 is 15.0 Å². The number of amides is 1. The van der Waals surface area contributed by atoms with Crippen molar-refractivity contribution in [1.29, 1.82) is 0 Å². The molecule has 0 bridgehead atoms. The van der Waals surface area contributed by atoms with E-state index in [1.165, 1.54) is 25.3 Å². The first-order valence-electron chi connectivity index (χ1n) is 6.35. The second-order valence-corrected chi connectivity index (χ2v) is 4.90. The number of carbonyl (C=O) groups excluding carboxylic acids is 1. The molecule has 1 aromatic carbocycles. The molecule has 0 aliphatic carbocycles. The summed E-state index contributed by atoms with van der Waals surface area (Å²) in [4.78, 5) is 15.0. The fourth-order valence-electron chi connectivity index (χ4n) is 2.00. The van der Waals surface area contributed by atoms with E-state index in [9.17, 15) is 9.18 Å². The van der Waals surface area contributed by atoms with Gasteiger partial charge in [-0.3, -0.25) is 4.79 Å². The second kappa shape index (κ2) is 6.49. The third-order valence-corrected chi connectivity index (χ3v) is 3.41. The lowest BCUT2D eigenvalue weighted by Crippen LogP contribution is -2.27. The molecular weight excluding hydrogens is 291 g/mol. The Kier molecular flexibility index (Phi) is 4.70. The molecule has 0 saturated carbocycles.